The van der Waals surface area contributed by atoms with Crippen LogP contribution in [0.5, 0.6) is 5.75 Å². The van der Waals surface area contributed by atoms with Gasteiger partial charge in [-0.3, -0.25) is 0 Å². The first-order valence-electron chi connectivity index (χ1n) is 5.57. The van der Waals surface area contributed by atoms with Gasteiger partial charge in [-0.25, -0.2) is 4.79 Å². The van der Waals surface area contributed by atoms with Crippen LogP contribution in [-0.2, 0) is 4.79 Å². The van der Waals surface area contributed by atoms with Crippen LogP contribution in [0.1, 0.15) is 12.8 Å². The van der Waals surface area contributed by atoms with Gasteiger partial charge in [0, 0.05) is 6.54 Å². The zero-order valence-corrected chi connectivity index (χ0v) is 9.37. The van der Waals surface area contributed by atoms with Gasteiger partial charge in [0.05, 0.1) is 5.69 Å². The number of anilines is 1. The third-order valence-corrected chi connectivity index (χ3v) is 2.75. The lowest BCUT2D eigenvalue weighted by molar-refractivity contribution is -0.139. The summed E-state index contributed by atoms with van der Waals surface area (Å²) in [7, 11) is 0. The molecular weight excluding hydrogens is 222 g/mol. The zero-order chi connectivity index (χ0) is 12.3. The summed E-state index contributed by atoms with van der Waals surface area (Å²) in [5, 5.41) is 18.4. The molecule has 0 bridgehead atoms. The number of carbonyl (C=O) groups is 1. The molecule has 1 fully saturated rings. The van der Waals surface area contributed by atoms with Crippen molar-refractivity contribution in [3.05, 3.63) is 24.3 Å². The Morgan fingerprint density at radius 1 is 1.47 bits per heavy atom. The Morgan fingerprint density at radius 3 is 2.88 bits per heavy atom. The van der Waals surface area contributed by atoms with E-state index in [9.17, 15) is 9.90 Å². The van der Waals surface area contributed by atoms with Gasteiger partial charge in [0.2, 0.25) is 0 Å². The van der Waals surface area contributed by atoms with E-state index in [1.807, 2.05) is 17.0 Å². The molecule has 0 aliphatic carbocycles. The Morgan fingerprint density at radius 2 is 2.24 bits per heavy atom. The first-order chi connectivity index (χ1) is 8.18. The molecule has 0 aromatic heterocycles. The average Bonchev–Trinajstić information content (AvgIpc) is 2.73. The van der Waals surface area contributed by atoms with Crippen LogP contribution in [-0.4, -0.2) is 35.6 Å². The minimum Gasteiger partial charge on any atom is -0.480 e. The number of hydrogen-bond donors (Lipinski definition) is 2. The second-order valence-electron chi connectivity index (χ2n) is 3.97. The van der Waals surface area contributed by atoms with Crippen LogP contribution >= 0.6 is 0 Å². The van der Waals surface area contributed by atoms with Gasteiger partial charge in [-0.15, -0.1) is 0 Å². The highest BCUT2D eigenvalue weighted by Crippen LogP contribution is 2.32. The van der Waals surface area contributed by atoms with E-state index in [4.69, 9.17) is 9.84 Å². The second-order valence-corrected chi connectivity index (χ2v) is 3.97. The van der Waals surface area contributed by atoms with Crippen LogP contribution in [0.25, 0.3) is 0 Å². The standard InChI is InChI=1S/C12H15NO4/c14-11-6-3-7-13(11)9-4-1-2-5-10(9)17-8-12(15)16/h1-2,4-5,11,14H,3,6-8H2,(H,15,16). The van der Waals surface area contributed by atoms with E-state index in [2.05, 4.69) is 0 Å². The molecule has 1 heterocycles. The van der Waals surface area contributed by atoms with Crippen LogP contribution in [0.15, 0.2) is 24.3 Å². The van der Waals surface area contributed by atoms with E-state index in [-0.39, 0.29) is 6.61 Å². The lowest BCUT2D eigenvalue weighted by atomic mass is 10.2. The molecule has 1 aromatic carbocycles. The Kier molecular flexibility index (Phi) is 3.49. The average molecular weight is 237 g/mol. The van der Waals surface area contributed by atoms with E-state index < -0.39 is 12.2 Å². The number of ether oxygens (including phenoxy) is 1. The number of hydrogen-bond acceptors (Lipinski definition) is 4. The molecular formula is C12H15NO4. The molecule has 5 nitrogen and oxygen atoms in total. The van der Waals surface area contributed by atoms with Crippen molar-refractivity contribution in [2.45, 2.75) is 19.1 Å². The predicted molar refractivity (Wildman–Crippen MR) is 62.2 cm³/mol. The molecule has 2 rings (SSSR count). The Bertz CT molecular complexity index is 407. The Hall–Kier alpha value is -1.75. The fraction of sp³-hybridized carbons (Fsp3) is 0.417. The van der Waals surface area contributed by atoms with Gasteiger partial charge in [0.15, 0.2) is 6.61 Å². The molecule has 92 valence electrons. The summed E-state index contributed by atoms with van der Waals surface area (Å²) >= 11 is 0. The highest BCUT2D eigenvalue weighted by Gasteiger charge is 2.24. The summed E-state index contributed by atoms with van der Waals surface area (Å²) in [5.41, 5.74) is 0.749. The van der Waals surface area contributed by atoms with Gasteiger partial charge in [-0.1, -0.05) is 12.1 Å². The monoisotopic (exact) mass is 237 g/mol. The number of rotatable bonds is 4. The number of carboxylic acids is 1. The summed E-state index contributed by atoms with van der Waals surface area (Å²) < 4.78 is 5.21. The summed E-state index contributed by atoms with van der Waals surface area (Å²) in [6.07, 6.45) is 1.14. The number of aliphatic carboxylic acids is 1. The van der Waals surface area contributed by atoms with E-state index in [0.717, 1.165) is 25.1 Å². The number of benzene rings is 1. The normalized spacial score (nSPS) is 19.4. The smallest absolute Gasteiger partial charge is 0.341 e. The van der Waals surface area contributed by atoms with Crippen LogP contribution in [0.2, 0.25) is 0 Å². The van der Waals surface area contributed by atoms with Gasteiger partial charge in [0.25, 0.3) is 0 Å². The number of aliphatic hydroxyl groups excluding tert-OH is 1. The quantitative estimate of drug-likeness (QED) is 0.819. The van der Waals surface area contributed by atoms with Crippen LogP contribution in [0.4, 0.5) is 5.69 Å². The molecule has 1 aromatic rings. The summed E-state index contributed by atoms with van der Waals surface area (Å²) in [5.74, 6) is -0.516. The number of carboxylic acid groups (broad SMARTS) is 1. The molecule has 0 radical (unpaired) electrons. The highest BCUT2D eigenvalue weighted by molar-refractivity contribution is 5.69. The second kappa shape index (κ2) is 5.05. The molecule has 0 amide bonds. The topological polar surface area (TPSA) is 70.0 Å². The number of nitrogens with zero attached hydrogens (tertiary/aromatic N) is 1. The molecule has 5 heteroatoms. The molecule has 0 saturated carbocycles. The van der Waals surface area contributed by atoms with Gasteiger partial charge < -0.3 is 19.8 Å². The van der Waals surface area contributed by atoms with Crippen molar-refractivity contribution >= 4 is 11.7 Å². The summed E-state index contributed by atoms with van der Waals surface area (Å²) in [6, 6.07) is 7.16. The molecule has 1 saturated heterocycles. The van der Waals surface area contributed by atoms with Crippen molar-refractivity contribution in [3.63, 3.8) is 0 Å². The molecule has 2 N–H and O–H groups in total. The van der Waals surface area contributed by atoms with Gasteiger partial charge >= 0.3 is 5.97 Å². The lowest BCUT2D eigenvalue weighted by Crippen LogP contribution is -2.29. The van der Waals surface area contributed by atoms with Gasteiger partial charge in [0.1, 0.15) is 12.0 Å². The minimum atomic E-state index is -1.01. The molecule has 1 aliphatic heterocycles. The summed E-state index contributed by atoms with van der Waals surface area (Å²) in [6.45, 7) is 0.384. The molecule has 1 unspecified atom stereocenters. The van der Waals surface area contributed by atoms with Crippen LogP contribution in [0, 0.1) is 0 Å². The third kappa shape index (κ3) is 2.68. The van der Waals surface area contributed by atoms with Crippen molar-refractivity contribution < 1.29 is 19.7 Å². The van der Waals surface area contributed by atoms with E-state index in [0.29, 0.717) is 5.75 Å². The Labute approximate surface area is 99.2 Å². The van der Waals surface area contributed by atoms with E-state index in [1.165, 1.54) is 0 Å². The molecule has 1 aliphatic rings. The van der Waals surface area contributed by atoms with Gasteiger partial charge in [-0.2, -0.15) is 0 Å². The Balaban J connectivity index is 2.18. The lowest BCUT2D eigenvalue weighted by Gasteiger charge is -2.24. The van der Waals surface area contributed by atoms with Crippen molar-refractivity contribution in [1.29, 1.82) is 0 Å². The fourth-order valence-corrected chi connectivity index (χ4v) is 1.99. The maximum atomic E-state index is 10.5. The predicted octanol–water partition coefficient (Wildman–Crippen LogP) is 1.07. The maximum Gasteiger partial charge on any atom is 0.341 e. The fourth-order valence-electron chi connectivity index (χ4n) is 1.99. The number of para-hydroxylation sites is 2. The van der Waals surface area contributed by atoms with Crippen molar-refractivity contribution in [3.8, 4) is 5.75 Å². The SMILES string of the molecule is O=C(O)COc1ccccc1N1CCCC1O. The maximum absolute atomic E-state index is 10.5. The van der Waals surface area contributed by atoms with Crippen LogP contribution in [0.3, 0.4) is 0 Å². The minimum absolute atomic E-state index is 0.374. The van der Waals surface area contributed by atoms with Crippen molar-refractivity contribution in [1.82, 2.24) is 0 Å². The molecule has 1 atom stereocenters. The first-order valence-corrected chi connectivity index (χ1v) is 5.57. The third-order valence-electron chi connectivity index (χ3n) is 2.75. The zero-order valence-electron chi connectivity index (χ0n) is 9.37. The summed E-state index contributed by atoms with van der Waals surface area (Å²) in [4.78, 5) is 12.3. The van der Waals surface area contributed by atoms with Crippen molar-refractivity contribution in [2.75, 3.05) is 18.1 Å². The van der Waals surface area contributed by atoms with E-state index in [1.54, 1.807) is 12.1 Å². The molecule has 17 heavy (non-hydrogen) atoms. The van der Waals surface area contributed by atoms with Gasteiger partial charge in [-0.05, 0) is 25.0 Å². The molecule has 0 spiro atoms. The van der Waals surface area contributed by atoms with Crippen LogP contribution < -0.4 is 9.64 Å². The highest BCUT2D eigenvalue weighted by atomic mass is 16.5. The van der Waals surface area contributed by atoms with E-state index >= 15 is 0 Å². The number of aliphatic hydroxyl groups is 1. The van der Waals surface area contributed by atoms with Crippen molar-refractivity contribution in [2.24, 2.45) is 0 Å². The largest absolute Gasteiger partial charge is 0.480 e. The first kappa shape index (κ1) is 11.7.